The molecular formula is C15H13N2+. The first-order chi connectivity index (χ1) is 8.43. The van der Waals surface area contributed by atoms with E-state index < -0.39 is 0 Å². The van der Waals surface area contributed by atoms with Crippen molar-refractivity contribution in [2.75, 3.05) is 0 Å². The molecule has 0 spiro atoms. The second-order valence-corrected chi connectivity index (χ2v) is 4.53. The molecule has 82 valence electrons. The van der Waals surface area contributed by atoms with Gasteiger partial charge in [-0.1, -0.05) is 24.3 Å². The standard InChI is InChI=1S/C15H13N2/c1-2-6-14-12(5-1)11-13-8-10-16-9-4-3-7-15(16)17(13)14/h1-7,9,11H,8,10H2/q+1. The highest BCUT2D eigenvalue weighted by atomic mass is 15.2. The molecule has 0 radical (unpaired) electrons. The molecule has 0 unspecified atom stereocenters. The summed E-state index contributed by atoms with van der Waals surface area (Å²) in [7, 11) is 0. The van der Waals surface area contributed by atoms with Crippen molar-refractivity contribution < 1.29 is 4.57 Å². The first kappa shape index (κ1) is 8.99. The lowest BCUT2D eigenvalue weighted by Crippen LogP contribution is -2.42. The summed E-state index contributed by atoms with van der Waals surface area (Å²) in [4.78, 5) is 0. The highest BCUT2D eigenvalue weighted by Gasteiger charge is 2.24. The van der Waals surface area contributed by atoms with Crippen LogP contribution >= 0.6 is 0 Å². The van der Waals surface area contributed by atoms with Crippen LogP contribution in [0.1, 0.15) is 5.69 Å². The van der Waals surface area contributed by atoms with E-state index in [-0.39, 0.29) is 0 Å². The first-order valence-corrected chi connectivity index (χ1v) is 6.02. The molecule has 0 atom stereocenters. The maximum absolute atomic E-state index is 2.37. The Balaban J connectivity index is 2.14. The number of rotatable bonds is 0. The van der Waals surface area contributed by atoms with Crippen molar-refractivity contribution in [1.29, 1.82) is 0 Å². The Kier molecular flexibility index (Phi) is 1.69. The average Bonchev–Trinajstić information content (AvgIpc) is 2.77. The van der Waals surface area contributed by atoms with E-state index in [0.29, 0.717) is 0 Å². The minimum Gasteiger partial charge on any atom is -0.233 e. The predicted octanol–water partition coefficient (Wildman–Crippen LogP) is 2.47. The molecule has 4 rings (SSSR count). The van der Waals surface area contributed by atoms with E-state index in [1.54, 1.807) is 0 Å². The highest BCUT2D eigenvalue weighted by Crippen LogP contribution is 2.25. The fourth-order valence-corrected chi connectivity index (χ4v) is 2.76. The summed E-state index contributed by atoms with van der Waals surface area (Å²) in [6.07, 6.45) is 3.27. The maximum Gasteiger partial charge on any atom is 0.286 e. The van der Waals surface area contributed by atoms with E-state index >= 15 is 0 Å². The molecule has 0 aliphatic carbocycles. The normalized spacial score (nSPS) is 13.4. The molecule has 17 heavy (non-hydrogen) atoms. The Hall–Kier alpha value is -2.09. The van der Waals surface area contributed by atoms with Crippen molar-refractivity contribution >= 4 is 10.9 Å². The Morgan fingerprint density at radius 3 is 2.88 bits per heavy atom. The number of pyridine rings is 1. The molecule has 0 bridgehead atoms. The van der Waals surface area contributed by atoms with Gasteiger partial charge in [-0.3, -0.25) is 0 Å². The van der Waals surface area contributed by atoms with E-state index in [4.69, 9.17) is 0 Å². The van der Waals surface area contributed by atoms with E-state index in [1.165, 1.54) is 22.4 Å². The summed E-state index contributed by atoms with van der Waals surface area (Å²) < 4.78 is 4.69. The van der Waals surface area contributed by atoms with Crippen LogP contribution in [-0.2, 0) is 13.0 Å². The summed E-state index contributed by atoms with van der Waals surface area (Å²) in [6, 6.07) is 17.3. The Morgan fingerprint density at radius 2 is 1.88 bits per heavy atom. The van der Waals surface area contributed by atoms with Gasteiger partial charge in [-0.15, -0.1) is 0 Å². The molecule has 2 heteroatoms. The first-order valence-electron chi connectivity index (χ1n) is 6.02. The molecule has 0 N–H and O–H groups in total. The number of hydrogen-bond donors (Lipinski definition) is 0. The average molecular weight is 221 g/mol. The Bertz CT molecular complexity index is 710. The van der Waals surface area contributed by atoms with Gasteiger partial charge in [-0.05, 0) is 18.2 Å². The van der Waals surface area contributed by atoms with Crippen LogP contribution in [0, 0.1) is 0 Å². The minimum absolute atomic E-state index is 1.08. The number of hydrogen-bond acceptors (Lipinski definition) is 0. The fourth-order valence-electron chi connectivity index (χ4n) is 2.76. The number of para-hydroxylation sites is 1. The van der Waals surface area contributed by atoms with Gasteiger partial charge in [0.1, 0.15) is 11.2 Å². The zero-order valence-electron chi connectivity index (χ0n) is 9.50. The smallest absolute Gasteiger partial charge is 0.233 e. The Morgan fingerprint density at radius 1 is 1.00 bits per heavy atom. The van der Waals surface area contributed by atoms with Gasteiger partial charge in [0.25, 0.3) is 5.82 Å². The topological polar surface area (TPSA) is 8.81 Å². The van der Waals surface area contributed by atoms with Gasteiger partial charge in [0.05, 0.1) is 12.7 Å². The van der Waals surface area contributed by atoms with Crippen LogP contribution in [0.25, 0.3) is 16.7 Å². The number of fused-ring (bicyclic) bond motifs is 5. The monoisotopic (exact) mass is 221 g/mol. The molecule has 0 saturated carbocycles. The minimum atomic E-state index is 1.08. The van der Waals surface area contributed by atoms with Crippen LogP contribution in [-0.4, -0.2) is 4.57 Å². The van der Waals surface area contributed by atoms with Gasteiger partial charge in [0, 0.05) is 17.9 Å². The summed E-state index contributed by atoms with van der Waals surface area (Å²) in [5, 5.41) is 1.33. The SMILES string of the molecule is c1cc[n+]2c(c1)-n1c(cc3ccccc31)CC2. The molecular weight excluding hydrogens is 208 g/mol. The largest absolute Gasteiger partial charge is 0.286 e. The van der Waals surface area contributed by atoms with Crippen molar-refractivity contribution in [3.8, 4) is 5.82 Å². The molecule has 2 aromatic heterocycles. The molecule has 2 nitrogen and oxygen atoms in total. The van der Waals surface area contributed by atoms with Crippen molar-refractivity contribution in [1.82, 2.24) is 4.57 Å². The molecule has 3 heterocycles. The molecule has 0 saturated heterocycles. The van der Waals surface area contributed by atoms with Crippen molar-refractivity contribution in [3.05, 3.63) is 60.4 Å². The van der Waals surface area contributed by atoms with Crippen LogP contribution < -0.4 is 4.57 Å². The van der Waals surface area contributed by atoms with Crippen LogP contribution in [0.5, 0.6) is 0 Å². The van der Waals surface area contributed by atoms with E-state index in [9.17, 15) is 0 Å². The van der Waals surface area contributed by atoms with Crippen LogP contribution in [0.4, 0.5) is 0 Å². The van der Waals surface area contributed by atoms with Crippen molar-refractivity contribution in [2.45, 2.75) is 13.0 Å². The zero-order valence-corrected chi connectivity index (χ0v) is 9.50. The van der Waals surface area contributed by atoms with E-state index in [1.807, 2.05) is 0 Å². The van der Waals surface area contributed by atoms with Crippen molar-refractivity contribution in [2.24, 2.45) is 0 Å². The molecule has 1 aromatic carbocycles. The molecule has 0 amide bonds. The van der Waals surface area contributed by atoms with Crippen LogP contribution in [0.2, 0.25) is 0 Å². The Labute approximate surface area is 99.7 Å². The summed E-state index contributed by atoms with van der Waals surface area (Å²) in [5.74, 6) is 1.27. The summed E-state index contributed by atoms with van der Waals surface area (Å²) in [6.45, 7) is 1.08. The van der Waals surface area contributed by atoms with Gasteiger partial charge in [-0.2, -0.15) is 4.57 Å². The van der Waals surface area contributed by atoms with Crippen molar-refractivity contribution in [3.63, 3.8) is 0 Å². The summed E-state index contributed by atoms with van der Waals surface area (Å²) >= 11 is 0. The van der Waals surface area contributed by atoms with E-state index in [2.05, 4.69) is 63.9 Å². The molecule has 1 aliphatic heterocycles. The molecule has 0 fully saturated rings. The third kappa shape index (κ3) is 1.18. The second kappa shape index (κ2) is 3.20. The molecule has 3 aromatic rings. The number of benzene rings is 1. The second-order valence-electron chi connectivity index (χ2n) is 4.53. The third-order valence-electron chi connectivity index (χ3n) is 3.54. The van der Waals surface area contributed by atoms with Gasteiger partial charge in [0.15, 0.2) is 0 Å². The number of aromatic nitrogens is 2. The number of nitrogens with zero attached hydrogens (tertiary/aromatic N) is 2. The highest BCUT2D eigenvalue weighted by molar-refractivity contribution is 5.82. The number of aryl methyl sites for hydroxylation is 2. The predicted molar refractivity (Wildman–Crippen MR) is 67.2 cm³/mol. The lowest BCUT2D eigenvalue weighted by atomic mass is 10.2. The zero-order chi connectivity index (χ0) is 11.2. The van der Waals surface area contributed by atoms with Gasteiger partial charge in [-0.25, -0.2) is 4.57 Å². The van der Waals surface area contributed by atoms with Gasteiger partial charge in [0.2, 0.25) is 0 Å². The molecule has 1 aliphatic rings. The van der Waals surface area contributed by atoms with Crippen LogP contribution in [0.3, 0.4) is 0 Å². The van der Waals surface area contributed by atoms with E-state index in [0.717, 1.165) is 13.0 Å². The summed E-state index contributed by atoms with van der Waals surface area (Å²) in [5.41, 5.74) is 2.72. The lowest BCUT2D eigenvalue weighted by molar-refractivity contribution is -0.693. The lowest BCUT2D eigenvalue weighted by Gasteiger charge is -2.13. The quantitative estimate of drug-likeness (QED) is 0.516. The van der Waals surface area contributed by atoms with Gasteiger partial charge < -0.3 is 0 Å². The van der Waals surface area contributed by atoms with Gasteiger partial charge >= 0.3 is 0 Å². The fraction of sp³-hybridized carbons (Fsp3) is 0.133. The maximum atomic E-state index is 2.37. The van der Waals surface area contributed by atoms with Crippen LogP contribution in [0.15, 0.2) is 54.7 Å². The third-order valence-corrected chi connectivity index (χ3v) is 3.54.